The predicted molar refractivity (Wildman–Crippen MR) is 74.5 cm³/mol. The molecular weight excluding hydrogens is 258 g/mol. The maximum atomic E-state index is 12.3. The van der Waals surface area contributed by atoms with E-state index in [1.54, 1.807) is 11.9 Å². The smallest absolute Gasteiger partial charge is 0.410 e. The van der Waals surface area contributed by atoms with Gasteiger partial charge in [-0.2, -0.15) is 5.10 Å². The molecule has 0 spiro atoms. The number of rotatable bonds is 1. The fourth-order valence-electron chi connectivity index (χ4n) is 2.58. The second-order valence-electron chi connectivity index (χ2n) is 6.16. The SMILES string of the molecule is CCC1c2nn(C)c(O)c2CCN1C(=O)OC(C)(C)C. The third-order valence-corrected chi connectivity index (χ3v) is 3.45. The van der Waals surface area contributed by atoms with Gasteiger partial charge in [0.1, 0.15) is 5.60 Å². The lowest BCUT2D eigenvalue weighted by atomic mass is 9.98. The van der Waals surface area contributed by atoms with Crippen molar-refractivity contribution in [2.45, 2.75) is 52.2 Å². The maximum Gasteiger partial charge on any atom is 0.410 e. The predicted octanol–water partition coefficient (Wildman–Crippen LogP) is 2.37. The van der Waals surface area contributed by atoms with Crippen molar-refractivity contribution in [3.05, 3.63) is 11.3 Å². The number of amides is 1. The van der Waals surface area contributed by atoms with Crippen LogP contribution in [-0.4, -0.2) is 38.0 Å². The number of hydrogen-bond donors (Lipinski definition) is 1. The number of ether oxygens (including phenoxy) is 1. The summed E-state index contributed by atoms with van der Waals surface area (Å²) >= 11 is 0. The van der Waals surface area contributed by atoms with Crippen LogP contribution < -0.4 is 0 Å². The van der Waals surface area contributed by atoms with E-state index < -0.39 is 5.60 Å². The Kier molecular flexibility index (Phi) is 3.67. The highest BCUT2D eigenvalue weighted by Crippen LogP contribution is 2.36. The zero-order valence-corrected chi connectivity index (χ0v) is 12.8. The molecule has 20 heavy (non-hydrogen) atoms. The van der Waals surface area contributed by atoms with Crippen molar-refractivity contribution in [1.29, 1.82) is 0 Å². The van der Waals surface area contributed by atoms with E-state index in [9.17, 15) is 9.90 Å². The van der Waals surface area contributed by atoms with Gasteiger partial charge < -0.3 is 9.84 Å². The molecule has 1 N–H and O–H groups in total. The number of aromatic hydroxyl groups is 1. The largest absolute Gasteiger partial charge is 0.493 e. The summed E-state index contributed by atoms with van der Waals surface area (Å²) < 4.78 is 6.92. The Morgan fingerprint density at radius 3 is 2.70 bits per heavy atom. The second kappa shape index (κ2) is 5.00. The Hall–Kier alpha value is -1.72. The topological polar surface area (TPSA) is 67.6 Å². The first-order valence-electron chi connectivity index (χ1n) is 6.99. The van der Waals surface area contributed by atoms with Gasteiger partial charge in [-0.05, 0) is 33.6 Å². The number of nitrogens with zero attached hydrogens (tertiary/aromatic N) is 3. The molecule has 0 saturated heterocycles. The summed E-state index contributed by atoms with van der Waals surface area (Å²) in [7, 11) is 1.71. The fraction of sp³-hybridized carbons (Fsp3) is 0.714. The number of fused-ring (bicyclic) bond motifs is 1. The highest BCUT2D eigenvalue weighted by Gasteiger charge is 2.36. The highest BCUT2D eigenvalue weighted by molar-refractivity contribution is 5.69. The van der Waals surface area contributed by atoms with Crippen molar-refractivity contribution in [1.82, 2.24) is 14.7 Å². The zero-order chi connectivity index (χ0) is 15.1. The van der Waals surface area contributed by atoms with Crippen molar-refractivity contribution >= 4 is 6.09 Å². The molecule has 2 rings (SSSR count). The maximum absolute atomic E-state index is 12.3. The summed E-state index contributed by atoms with van der Waals surface area (Å²) in [5, 5.41) is 14.3. The average molecular weight is 281 g/mol. The molecule has 0 aromatic carbocycles. The number of aromatic nitrogens is 2. The minimum Gasteiger partial charge on any atom is -0.493 e. The molecule has 1 aliphatic heterocycles. The summed E-state index contributed by atoms with van der Waals surface area (Å²) in [4.78, 5) is 14.0. The average Bonchev–Trinajstić information content (AvgIpc) is 2.62. The molecular formula is C14H23N3O3. The van der Waals surface area contributed by atoms with Crippen molar-refractivity contribution in [2.24, 2.45) is 7.05 Å². The summed E-state index contributed by atoms with van der Waals surface area (Å²) in [6.45, 7) is 8.11. The molecule has 1 amide bonds. The van der Waals surface area contributed by atoms with Crippen LogP contribution >= 0.6 is 0 Å². The summed E-state index contributed by atoms with van der Waals surface area (Å²) in [6, 6.07) is -0.138. The Morgan fingerprint density at radius 1 is 1.50 bits per heavy atom. The first-order valence-corrected chi connectivity index (χ1v) is 6.99. The number of carbonyl (C=O) groups is 1. The molecule has 1 aromatic heterocycles. The molecule has 0 bridgehead atoms. The monoisotopic (exact) mass is 281 g/mol. The standard InChI is InChI=1S/C14H23N3O3/c1-6-10-11-9(12(18)16(5)15-11)7-8-17(10)13(19)20-14(2,3)4/h10,18H,6-8H2,1-5H3. The first kappa shape index (κ1) is 14.7. The van der Waals surface area contributed by atoms with Gasteiger partial charge in [0.25, 0.3) is 0 Å². The molecule has 6 nitrogen and oxygen atoms in total. The third-order valence-electron chi connectivity index (χ3n) is 3.45. The first-order chi connectivity index (χ1) is 9.24. The van der Waals surface area contributed by atoms with Gasteiger partial charge >= 0.3 is 6.09 Å². The van der Waals surface area contributed by atoms with Crippen LogP contribution in [0.3, 0.4) is 0 Å². The molecule has 0 radical (unpaired) electrons. The Labute approximate surface area is 119 Å². The molecule has 1 atom stereocenters. The van der Waals surface area contributed by atoms with Gasteiger partial charge in [0, 0.05) is 19.2 Å². The van der Waals surface area contributed by atoms with Crippen molar-refractivity contribution in [3.8, 4) is 5.88 Å². The summed E-state index contributed by atoms with van der Waals surface area (Å²) in [6.07, 6.45) is 1.02. The lowest BCUT2D eigenvalue weighted by Crippen LogP contribution is -2.42. The fourth-order valence-corrected chi connectivity index (χ4v) is 2.58. The van der Waals surface area contributed by atoms with Crippen LogP contribution in [0.4, 0.5) is 4.79 Å². The van der Waals surface area contributed by atoms with E-state index in [0.29, 0.717) is 13.0 Å². The molecule has 0 saturated carbocycles. The van der Waals surface area contributed by atoms with Gasteiger partial charge in [-0.1, -0.05) is 6.92 Å². The van der Waals surface area contributed by atoms with Crippen molar-refractivity contribution in [3.63, 3.8) is 0 Å². The minimum atomic E-state index is -0.512. The van der Waals surface area contributed by atoms with Crippen LogP contribution in [0.5, 0.6) is 5.88 Å². The number of hydrogen-bond acceptors (Lipinski definition) is 4. The Balaban J connectivity index is 2.28. The van der Waals surface area contributed by atoms with Gasteiger partial charge in [0.2, 0.25) is 5.88 Å². The number of carbonyl (C=O) groups excluding carboxylic acids is 1. The summed E-state index contributed by atoms with van der Waals surface area (Å²) in [5.41, 5.74) is 1.12. The van der Waals surface area contributed by atoms with Gasteiger partial charge in [-0.25, -0.2) is 9.48 Å². The Bertz CT molecular complexity index is 516. The lowest BCUT2D eigenvalue weighted by molar-refractivity contribution is 0.0132. The van der Waals surface area contributed by atoms with E-state index in [1.807, 2.05) is 27.7 Å². The lowest BCUT2D eigenvalue weighted by Gasteiger charge is -2.35. The van der Waals surface area contributed by atoms with E-state index in [0.717, 1.165) is 17.7 Å². The quantitative estimate of drug-likeness (QED) is 0.858. The van der Waals surface area contributed by atoms with Crippen LogP contribution in [0.2, 0.25) is 0 Å². The summed E-state index contributed by atoms with van der Waals surface area (Å²) in [5.74, 6) is 0.197. The molecule has 0 aliphatic carbocycles. The van der Waals surface area contributed by atoms with Crippen molar-refractivity contribution in [2.75, 3.05) is 6.54 Å². The third kappa shape index (κ3) is 2.59. The second-order valence-corrected chi connectivity index (χ2v) is 6.16. The molecule has 0 fully saturated rings. The van der Waals surface area contributed by atoms with Crippen LogP contribution in [-0.2, 0) is 18.2 Å². The van der Waals surface area contributed by atoms with E-state index >= 15 is 0 Å². The van der Waals surface area contributed by atoms with Crippen molar-refractivity contribution < 1.29 is 14.6 Å². The molecule has 1 aliphatic rings. The van der Waals surface area contributed by atoms with Gasteiger partial charge in [-0.15, -0.1) is 0 Å². The normalized spacial score (nSPS) is 18.9. The van der Waals surface area contributed by atoms with E-state index in [1.165, 1.54) is 4.68 Å². The molecule has 2 heterocycles. The molecule has 6 heteroatoms. The van der Waals surface area contributed by atoms with E-state index in [4.69, 9.17) is 4.74 Å². The minimum absolute atomic E-state index is 0.138. The molecule has 1 aromatic rings. The van der Waals surface area contributed by atoms with Crippen LogP contribution in [0.25, 0.3) is 0 Å². The highest BCUT2D eigenvalue weighted by atomic mass is 16.6. The van der Waals surface area contributed by atoms with Gasteiger partial charge in [0.05, 0.1) is 11.7 Å². The number of aryl methyl sites for hydroxylation is 1. The van der Waals surface area contributed by atoms with E-state index in [-0.39, 0.29) is 18.0 Å². The van der Waals surface area contributed by atoms with Gasteiger partial charge in [0.15, 0.2) is 0 Å². The zero-order valence-electron chi connectivity index (χ0n) is 12.8. The van der Waals surface area contributed by atoms with Crippen LogP contribution in [0, 0.1) is 0 Å². The molecule has 112 valence electrons. The van der Waals surface area contributed by atoms with E-state index in [2.05, 4.69) is 5.10 Å². The van der Waals surface area contributed by atoms with Gasteiger partial charge in [-0.3, -0.25) is 4.90 Å². The molecule has 1 unspecified atom stereocenters. The van der Waals surface area contributed by atoms with Crippen LogP contribution in [0.15, 0.2) is 0 Å². The van der Waals surface area contributed by atoms with Crippen LogP contribution in [0.1, 0.15) is 51.4 Å². The Morgan fingerprint density at radius 2 is 2.15 bits per heavy atom.